The molecule has 2 heterocycles. The summed E-state index contributed by atoms with van der Waals surface area (Å²) < 4.78 is 18.9. The molecule has 43 heavy (non-hydrogen) atoms. The van der Waals surface area contributed by atoms with Crippen LogP contribution in [0.4, 0.5) is 0 Å². The molecule has 3 aromatic carbocycles. The van der Waals surface area contributed by atoms with Crippen LogP contribution in [0.15, 0.2) is 85.3 Å². The molecule has 0 aliphatic carbocycles. The predicted octanol–water partition coefficient (Wildman–Crippen LogP) is 6.25. The van der Waals surface area contributed by atoms with Gasteiger partial charge in [0.05, 0.1) is 52.2 Å². The molecule has 0 aliphatic rings. The van der Waals surface area contributed by atoms with Crippen LogP contribution in [0.3, 0.4) is 0 Å². The van der Waals surface area contributed by atoms with E-state index in [2.05, 4.69) is 33.1 Å². The first-order chi connectivity index (χ1) is 20.7. The molecular weight excluding hydrogens is 618 g/mol. The molecule has 1 unspecified atom stereocenters. The quantitative estimate of drug-likeness (QED) is 0.144. The number of aromatic nitrogens is 3. The Kier molecular flexibility index (Phi) is 8.72. The Balaban J connectivity index is 1.77. The highest BCUT2D eigenvalue weighted by Crippen LogP contribution is 2.43. The molecule has 11 heteroatoms. The number of benzene rings is 3. The van der Waals surface area contributed by atoms with Gasteiger partial charge in [-0.3, -0.25) is 9.89 Å². The summed E-state index contributed by atoms with van der Waals surface area (Å²) in [6.45, 7) is 4.29. The number of aryl methyl sites for hydroxylation is 1. The number of halogens is 1. The van der Waals surface area contributed by atoms with Crippen LogP contribution in [0, 0.1) is 6.92 Å². The third-order valence-electron chi connectivity index (χ3n) is 7.17. The molecule has 0 saturated carbocycles. The lowest BCUT2D eigenvalue weighted by Gasteiger charge is -2.20. The number of ether oxygens (including phenoxy) is 2. The van der Waals surface area contributed by atoms with Crippen molar-refractivity contribution in [2.45, 2.75) is 32.6 Å². The lowest BCUT2D eigenvalue weighted by molar-refractivity contribution is 0.0697. The van der Waals surface area contributed by atoms with E-state index >= 15 is 0 Å². The Morgan fingerprint density at radius 3 is 2.53 bits per heavy atom. The summed E-state index contributed by atoms with van der Waals surface area (Å²) in [4.78, 5) is 39.3. The highest BCUT2D eigenvalue weighted by Gasteiger charge is 2.33. The van der Waals surface area contributed by atoms with Crippen molar-refractivity contribution < 1.29 is 23.9 Å². The fourth-order valence-corrected chi connectivity index (χ4v) is 5.67. The second kappa shape index (κ2) is 12.6. The third-order valence-corrected chi connectivity index (χ3v) is 7.76. The zero-order valence-corrected chi connectivity index (χ0v) is 25.4. The van der Waals surface area contributed by atoms with Gasteiger partial charge in [-0.2, -0.15) is 0 Å². The van der Waals surface area contributed by atoms with E-state index in [0.717, 1.165) is 12.8 Å². The molecule has 0 saturated heterocycles. The van der Waals surface area contributed by atoms with Crippen molar-refractivity contribution in [2.24, 2.45) is 0 Å². The Labute approximate surface area is 255 Å². The number of aromatic amines is 2. The predicted molar refractivity (Wildman–Crippen MR) is 165 cm³/mol. The number of nitrogens with zero attached hydrogens (tertiary/aromatic N) is 1. The van der Waals surface area contributed by atoms with E-state index in [1.165, 1.54) is 23.9 Å². The van der Waals surface area contributed by atoms with Crippen molar-refractivity contribution >= 4 is 21.9 Å². The normalized spacial score (nSPS) is 11.8. The Morgan fingerprint density at radius 2 is 1.84 bits per heavy atom. The first-order valence-electron chi connectivity index (χ1n) is 13.7. The van der Waals surface area contributed by atoms with Crippen LogP contribution >= 0.6 is 15.9 Å². The maximum atomic E-state index is 14.2. The van der Waals surface area contributed by atoms with E-state index in [0.29, 0.717) is 50.8 Å². The zero-order chi connectivity index (χ0) is 30.7. The molecule has 2 aromatic heterocycles. The van der Waals surface area contributed by atoms with Crippen LogP contribution in [-0.2, 0) is 0 Å². The third kappa shape index (κ3) is 5.80. The van der Waals surface area contributed by atoms with Crippen molar-refractivity contribution in [3.8, 4) is 28.4 Å². The molecule has 5 rings (SSSR count). The average Bonchev–Trinajstić information content (AvgIpc) is 3.53. The molecule has 222 valence electrons. The van der Waals surface area contributed by atoms with Gasteiger partial charge >= 0.3 is 11.6 Å². The molecule has 1 atom stereocenters. The van der Waals surface area contributed by atoms with Crippen molar-refractivity contribution in [2.75, 3.05) is 13.7 Å². The van der Waals surface area contributed by atoms with E-state index in [4.69, 9.17) is 14.0 Å². The highest BCUT2D eigenvalue weighted by atomic mass is 79.9. The number of carboxylic acid groups (broad SMARTS) is 1. The number of nitrogens with one attached hydrogen (secondary N) is 2. The zero-order valence-electron chi connectivity index (χ0n) is 23.8. The molecule has 3 N–H and O–H groups in total. The first kappa shape index (κ1) is 29.7. The van der Waals surface area contributed by atoms with Crippen LogP contribution in [0.1, 0.15) is 58.4 Å². The number of H-pyrrole nitrogens is 2. The summed E-state index contributed by atoms with van der Waals surface area (Å²) in [5, 5.41) is 15.3. The van der Waals surface area contributed by atoms with Gasteiger partial charge in [-0.1, -0.05) is 49.7 Å². The summed E-state index contributed by atoms with van der Waals surface area (Å²) in [5.74, 6) is -1.10. The van der Waals surface area contributed by atoms with Gasteiger partial charge in [-0.05, 0) is 65.2 Å². The minimum absolute atomic E-state index is 0.0275. The Morgan fingerprint density at radius 1 is 1.07 bits per heavy atom. The topological polar surface area (TPSA) is 140 Å². The van der Waals surface area contributed by atoms with E-state index in [1.54, 1.807) is 31.2 Å². The molecule has 5 aromatic rings. The molecule has 0 bridgehead atoms. The minimum Gasteiger partial charge on any atom is -0.493 e. The number of rotatable bonds is 11. The molecule has 0 amide bonds. The Bertz CT molecular complexity index is 1890. The summed E-state index contributed by atoms with van der Waals surface area (Å²) in [6.07, 6.45) is 1.82. The first-order valence-corrected chi connectivity index (χ1v) is 14.5. The van der Waals surface area contributed by atoms with Gasteiger partial charge in [-0.25, -0.2) is 19.4 Å². The van der Waals surface area contributed by atoms with Gasteiger partial charge in [0.25, 0.3) is 5.56 Å². The number of carboxylic acids is 1. The Hall–Kier alpha value is -4.77. The van der Waals surface area contributed by atoms with Crippen molar-refractivity contribution in [3.63, 3.8) is 0 Å². The lowest BCUT2D eigenvalue weighted by atomic mass is 9.84. The lowest BCUT2D eigenvalue weighted by Crippen LogP contribution is -2.23. The molecular formula is C32H30BrN3O7. The number of aromatic carboxylic acids is 1. The highest BCUT2D eigenvalue weighted by molar-refractivity contribution is 9.10. The van der Waals surface area contributed by atoms with Gasteiger partial charge < -0.3 is 19.1 Å². The fraction of sp³-hybridized carbons (Fsp3) is 0.219. The van der Waals surface area contributed by atoms with Gasteiger partial charge in [0, 0.05) is 11.3 Å². The molecule has 10 nitrogen and oxygen atoms in total. The fourth-order valence-electron chi connectivity index (χ4n) is 5.09. The van der Waals surface area contributed by atoms with Crippen LogP contribution in [0.25, 0.3) is 16.9 Å². The maximum Gasteiger partial charge on any atom is 0.362 e. The van der Waals surface area contributed by atoms with Crippen LogP contribution in [-0.4, -0.2) is 39.7 Å². The maximum absolute atomic E-state index is 14.2. The van der Waals surface area contributed by atoms with Gasteiger partial charge in [0.1, 0.15) is 0 Å². The van der Waals surface area contributed by atoms with Crippen molar-refractivity contribution in [3.05, 3.63) is 120 Å². The molecule has 0 spiro atoms. The van der Waals surface area contributed by atoms with Crippen LogP contribution in [0.5, 0.6) is 11.5 Å². The number of carbonyl (C=O) groups is 1. The average molecular weight is 649 g/mol. The number of methoxy groups -OCH3 is 1. The molecule has 0 fully saturated rings. The van der Waals surface area contributed by atoms with E-state index in [1.807, 2.05) is 30.3 Å². The van der Waals surface area contributed by atoms with Gasteiger partial charge in [0.2, 0.25) is 0 Å². The largest absolute Gasteiger partial charge is 0.493 e. The summed E-state index contributed by atoms with van der Waals surface area (Å²) in [5.41, 5.74) is 1.94. The summed E-state index contributed by atoms with van der Waals surface area (Å²) in [7, 11) is 1.53. The van der Waals surface area contributed by atoms with Crippen LogP contribution < -0.4 is 20.7 Å². The van der Waals surface area contributed by atoms with Gasteiger partial charge in [-0.15, -0.1) is 0 Å². The summed E-state index contributed by atoms with van der Waals surface area (Å²) in [6, 6.07) is 18.8. The second-order valence-corrected chi connectivity index (χ2v) is 10.8. The SMILES string of the molecule is CCCCOc1c(Br)cc(C(c2c(-c3ccccc3)[nH]oc2=O)c2c(C)[nH]n(-c3cccc(C(=O)O)c3)c2=O)cc1OC. The minimum atomic E-state index is -1.12. The summed E-state index contributed by atoms with van der Waals surface area (Å²) >= 11 is 3.62. The molecule has 0 radical (unpaired) electrons. The van der Waals surface area contributed by atoms with Crippen molar-refractivity contribution in [1.29, 1.82) is 0 Å². The monoisotopic (exact) mass is 647 g/mol. The van der Waals surface area contributed by atoms with E-state index < -0.39 is 23.1 Å². The van der Waals surface area contributed by atoms with Crippen LogP contribution in [0.2, 0.25) is 0 Å². The van der Waals surface area contributed by atoms with E-state index in [-0.39, 0.29) is 16.7 Å². The standard InChI is InChI=1S/C32H30BrN3O7/c1-4-5-14-42-29-23(33)16-21(17-24(29)41-3)26(27-28(35-43-32(27)40)19-10-7-6-8-11-19)25-18(2)34-36(30(25)37)22-13-9-12-20(15-22)31(38)39/h6-13,15-17,26,34-35H,4-5,14H2,1-3H3,(H,38,39). The van der Waals surface area contributed by atoms with E-state index in [9.17, 15) is 19.5 Å². The second-order valence-electron chi connectivity index (χ2n) is 9.96. The van der Waals surface area contributed by atoms with Crippen molar-refractivity contribution in [1.82, 2.24) is 14.9 Å². The molecule has 0 aliphatic heterocycles. The van der Waals surface area contributed by atoms with Gasteiger partial charge in [0.15, 0.2) is 11.5 Å². The smallest absolute Gasteiger partial charge is 0.362 e. The number of unbranched alkanes of at least 4 members (excludes halogenated alkanes) is 1. The number of hydrogen-bond donors (Lipinski definition) is 3. The number of hydrogen-bond acceptors (Lipinski definition) is 6.